The summed E-state index contributed by atoms with van der Waals surface area (Å²) in [6, 6.07) is 22.1. The maximum Gasteiger partial charge on any atom is 0.411 e. The van der Waals surface area contributed by atoms with E-state index in [9.17, 15) is 28.8 Å². The number of nitrogens with two attached hydrogens (primary N) is 1. The zero-order chi connectivity index (χ0) is 41.5. The van der Waals surface area contributed by atoms with Crippen LogP contribution in [0.15, 0.2) is 96.1 Å². The summed E-state index contributed by atoms with van der Waals surface area (Å²) < 4.78 is 5.53. The van der Waals surface area contributed by atoms with Crippen LogP contribution in [0.4, 0.5) is 9.59 Å². The largest absolute Gasteiger partial charge is 0.444 e. The Morgan fingerprint density at radius 1 is 0.860 bits per heavy atom. The lowest BCUT2D eigenvalue weighted by atomic mass is 9.99. The van der Waals surface area contributed by atoms with Gasteiger partial charge >= 0.3 is 12.1 Å². The van der Waals surface area contributed by atoms with Crippen LogP contribution in [0.2, 0.25) is 0 Å². The molecule has 0 saturated carbocycles. The Labute approximate surface area is 335 Å². The van der Waals surface area contributed by atoms with E-state index in [0.29, 0.717) is 12.0 Å². The average molecular weight is 788 g/mol. The molecule has 3 aromatic carbocycles. The first-order valence-electron chi connectivity index (χ1n) is 18.8. The molecular weight excluding hydrogens is 731 g/mol. The van der Waals surface area contributed by atoms with Crippen LogP contribution in [0.25, 0.3) is 0 Å². The van der Waals surface area contributed by atoms with Crippen LogP contribution in [0, 0.1) is 0 Å². The van der Waals surface area contributed by atoms with Gasteiger partial charge in [-0.15, -0.1) is 0 Å². The number of nitrogens with one attached hydrogen (secondary N) is 6. The van der Waals surface area contributed by atoms with Gasteiger partial charge in [0.05, 0.1) is 18.6 Å². The molecule has 1 unspecified atom stereocenters. The number of urea groups is 1. The number of likely N-dealkylation sites (N-methyl/N-ethyl adjacent to an activating group) is 1. The van der Waals surface area contributed by atoms with Crippen LogP contribution in [0.1, 0.15) is 78.6 Å². The lowest BCUT2D eigenvalue weighted by Gasteiger charge is -2.29. The van der Waals surface area contributed by atoms with Crippen molar-refractivity contribution in [1.82, 2.24) is 36.9 Å². The SMILES string of the molecule is CCC[C@H](NC(=O)C1C[C@@H](N)CN1C(=O)OC(C)(C)C)C(=NNC(=O)NC(c1ccccc1)c1ccccc1)C(=O)NCC(=O)N[C@H](C(=O)NC)c1ccccc1.[HH].[HH]. The van der Waals surface area contributed by atoms with Crippen LogP contribution in [-0.4, -0.2) is 90.2 Å². The summed E-state index contributed by atoms with van der Waals surface area (Å²) in [5, 5.41) is 17.6. The zero-order valence-corrected chi connectivity index (χ0v) is 32.9. The molecule has 1 saturated heterocycles. The molecule has 8 N–H and O–H groups in total. The first-order chi connectivity index (χ1) is 27.2. The molecule has 1 aliphatic rings. The molecule has 1 aliphatic heterocycles. The molecule has 3 aromatic rings. The topological polar surface area (TPSA) is 225 Å². The van der Waals surface area contributed by atoms with E-state index in [0.717, 1.165) is 11.1 Å². The van der Waals surface area contributed by atoms with Crippen LogP contribution < -0.4 is 37.7 Å². The second-order valence-corrected chi connectivity index (χ2v) is 14.5. The molecule has 0 radical (unpaired) electrons. The van der Waals surface area contributed by atoms with Gasteiger partial charge in [0.1, 0.15) is 23.4 Å². The van der Waals surface area contributed by atoms with Gasteiger partial charge in [-0.3, -0.25) is 24.1 Å². The molecule has 0 spiro atoms. The molecule has 0 aromatic heterocycles. The van der Waals surface area contributed by atoms with Gasteiger partial charge in [0.15, 0.2) is 0 Å². The van der Waals surface area contributed by atoms with Crippen LogP contribution in [-0.2, 0) is 23.9 Å². The number of carbonyl (C=O) groups excluding carboxylic acids is 6. The Morgan fingerprint density at radius 2 is 1.42 bits per heavy atom. The second kappa shape index (κ2) is 20.6. The van der Waals surface area contributed by atoms with E-state index in [-0.39, 0.29) is 28.0 Å². The number of carbonyl (C=O) groups is 6. The monoisotopic (exact) mass is 787 g/mol. The van der Waals surface area contributed by atoms with Gasteiger partial charge in [0.25, 0.3) is 5.91 Å². The standard InChI is InChI=1S/C41H53N9O7.2H2/c1-6-16-30(45-36(52)31-23-29(42)25-50(31)40(56)57-41(2,3)4)35(38(54)44-24-32(51)46-34(37(53)43-5)28-21-14-9-15-22-28)48-49-39(55)47-33(26-17-10-7-11-18-26)27-19-12-8-13-20-27;;/h7-15,17-22,29-31,33-34H,6,16,23-25,42H2,1-5H3,(H,43,53)(H,44,54)(H,45,52)(H,46,51)(H2,47,49,55);2*1H/t29-,30+,31?,34+;;/m1../s1. The lowest BCUT2D eigenvalue weighted by molar-refractivity contribution is -0.129. The lowest BCUT2D eigenvalue weighted by Crippen LogP contribution is -2.55. The summed E-state index contributed by atoms with van der Waals surface area (Å²) >= 11 is 0. The van der Waals surface area contributed by atoms with Crippen molar-refractivity contribution < 1.29 is 36.4 Å². The highest BCUT2D eigenvalue weighted by atomic mass is 16.6. The number of hydrogen-bond acceptors (Lipinski definition) is 9. The predicted molar refractivity (Wildman–Crippen MR) is 219 cm³/mol. The summed E-state index contributed by atoms with van der Waals surface area (Å²) in [5.74, 6) is -2.65. The van der Waals surface area contributed by atoms with Crippen molar-refractivity contribution in [1.29, 1.82) is 0 Å². The number of ether oxygens (including phenoxy) is 1. The van der Waals surface area contributed by atoms with Crippen molar-refractivity contribution in [3.05, 3.63) is 108 Å². The highest BCUT2D eigenvalue weighted by Crippen LogP contribution is 2.23. The van der Waals surface area contributed by atoms with E-state index >= 15 is 0 Å². The molecule has 1 fully saturated rings. The molecule has 4 rings (SSSR count). The van der Waals surface area contributed by atoms with Crippen LogP contribution in [0.3, 0.4) is 0 Å². The molecule has 1 heterocycles. The Kier molecular flexibility index (Phi) is 15.7. The van der Waals surface area contributed by atoms with Crippen LogP contribution in [0.5, 0.6) is 0 Å². The first kappa shape index (κ1) is 43.4. The molecule has 0 bridgehead atoms. The third kappa shape index (κ3) is 12.9. The van der Waals surface area contributed by atoms with Gasteiger partial charge in [-0.25, -0.2) is 15.0 Å². The quantitative estimate of drug-likeness (QED) is 0.0892. The second-order valence-electron chi connectivity index (χ2n) is 14.5. The van der Waals surface area contributed by atoms with E-state index < -0.39 is 78.1 Å². The van der Waals surface area contributed by atoms with Crippen molar-refractivity contribution >= 4 is 41.5 Å². The number of nitrogens with zero attached hydrogens (tertiary/aromatic N) is 2. The van der Waals surface area contributed by atoms with Crippen molar-refractivity contribution in [2.24, 2.45) is 10.8 Å². The molecule has 4 atom stereocenters. The van der Waals surface area contributed by atoms with Crippen LogP contribution >= 0.6 is 0 Å². The molecular formula is C41H57N9O7. The van der Waals surface area contributed by atoms with Crippen molar-refractivity contribution in [3.63, 3.8) is 0 Å². The Bertz CT molecular complexity index is 1840. The minimum Gasteiger partial charge on any atom is -0.444 e. The number of benzene rings is 3. The van der Waals surface area contributed by atoms with E-state index in [4.69, 9.17) is 10.5 Å². The fourth-order valence-electron chi connectivity index (χ4n) is 6.24. The summed E-state index contributed by atoms with van der Waals surface area (Å²) in [6.07, 6.45) is 0.0640. The van der Waals surface area contributed by atoms with Gasteiger partial charge in [-0.1, -0.05) is 104 Å². The maximum absolute atomic E-state index is 13.9. The van der Waals surface area contributed by atoms with E-state index in [1.807, 2.05) is 67.6 Å². The predicted octanol–water partition coefficient (Wildman–Crippen LogP) is 3.26. The molecule has 57 heavy (non-hydrogen) atoms. The fourth-order valence-corrected chi connectivity index (χ4v) is 6.24. The highest BCUT2D eigenvalue weighted by molar-refractivity contribution is 6.41. The average Bonchev–Trinajstić information content (AvgIpc) is 3.60. The Hall–Kier alpha value is -6.29. The van der Waals surface area contributed by atoms with E-state index in [2.05, 4.69) is 37.1 Å². The number of rotatable bonds is 15. The normalized spacial score (nSPS) is 16.5. The van der Waals surface area contributed by atoms with Gasteiger partial charge in [-0.05, 0) is 50.3 Å². The Balaban J connectivity index is 0.00000600. The van der Waals surface area contributed by atoms with E-state index in [1.165, 1.54) is 11.9 Å². The highest BCUT2D eigenvalue weighted by Gasteiger charge is 2.41. The number of likely N-dealkylation sites (tertiary alicyclic amines) is 1. The molecule has 16 nitrogen and oxygen atoms in total. The summed E-state index contributed by atoms with van der Waals surface area (Å²) in [7, 11) is 1.44. The molecule has 16 heteroatoms. The fraction of sp³-hybridized carbons (Fsp3) is 0.390. The van der Waals surface area contributed by atoms with Gasteiger partial charge in [-0.2, -0.15) is 5.10 Å². The minimum atomic E-state index is -1.09. The summed E-state index contributed by atoms with van der Waals surface area (Å²) in [4.78, 5) is 81.5. The Morgan fingerprint density at radius 3 is 1.95 bits per heavy atom. The van der Waals surface area contributed by atoms with E-state index in [1.54, 1.807) is 51.1 Å². The molecule has 308 valence electrons. The van der Waals surface area contributed by atoms with Crippen molar-refractivity contribution in [2.75, 3.05) is 20.1 Å². The van der Waals surface area contributed by atoms with Gasteiger partial charge < -0.3 is 37.1 Å². The van der Waals surface area contributed by atoms with Gasteiger partial charge in [0, 0.05) is 22.5 Å². The third-order valence-electron chi connectivity index (χ3n) is 8.90. The number of hydrogen-bond donors (Lipinski definition) is 7. The number of hydrazone groups is 1. The van der Waals surface area contributed by atoms with Crippen molar-refractivity contribution in [2.45, 2.75) is 82.8 Å². The van der Waals surface area contributed by atoms with Crippen molar-refractivity contribution in [3.8, 4) is 0 Å². The summed E-state index contributed by atoms with van der Waals surface area (Å²) in [5.41, 5.74) is 9.56. The minimum absolute atomic E-state index is 0. The first-order valence-corrected chi connectivity index (χ1v) is 18.8. The van der Waals surface area contributed by atoms with Gasteiger partial charge in [0.2, 0.25) is 17.7 Å². The molecule has 7 amide bonds. The number of amides is 7. The summed E-state index contributed by atoms with van der Waals surface area (Å²) in [6.45, 7) is 6.45. The third-order valence-corrected chi connectivity index (χ3v) is 8.90. The molecule has 0 aliphatic carbocycles. The zero-order valence-electron chi connectivity index (χ0n) is 32.9. The maximum atomic E-state index is 13.9. The smallest absolute Gasteiger partial charge is 0.411 e.